The second-order valence-corrected chi connectivity index (χ2v) is 5.80. The Morgan fingerprint density at radius 3 is 2.87 bits per heavy atom. The van der Waals surface area contributed by atoms with Gasteiger partial charge in [-0.1, -0.05) is 12.1 Å². The van der Waals surface area contributed by atoms with Gasteiger partial charge in [-0.25, -0.2) is 4.98 Å². The Kier molecular flexibility index (Phi) is 4.68. The van der Waals surface area contributed by atoms with Gasteiger partial charge in [0.05, 0.1) is 11.0 Å². The highest BCUT2D eigenvalue weighted by Crippen LogP contribution is 2.13. The van der Waals surface area contributed by atoms with Gasteiger partial charge in [-0.2, -0.15) is 11.3 Å². The van der Waals surface area contributed by atoms with E-state index in [0.29, 0.717) is 30.9 Å². The third-order valence-electron chi connectivity index (χ3n) is 3.30. The Balaban J connectivity index is 1.42. The molecule has 1 aromatic carbocycles. The molecule has 2 amide bonds. The fraction of sp³-hybridized carbons (Fsp3) is 0.188. The van der Waals surface area contributed by atoms with Crippen molar-refractivity contribution in [3.8, 4) is 0 Å². The average Bonchev–Trinajstić information content (AvgIpc) is 3.20. The minimum Gasteiger partial charge on any atom is -0.352 e. The predicted molar refractivity (Wildman–Crippen MR) is 90.6 cm³/mol. The van der Waals surface area contributed by atoms with Crippen molar-refractivity contribution in [2.45, 2.75) is 12.8 Å². The summed E-state index contributed by atoms with van der Waals surface area (Å²) >= 11 is 1.48. The van der Waals surface area contributed by atoms with Crippen molar-refractivity contribution in [3.63, 3.8) is 0 Å². The normalized spacial score (nSPS) is 10.6. The lowest BCUT2D eigenvalue weighted by Crippen LogP contribution is -2.25. The molecule has 3 N–H and O–H groups in total. The number of para-hydroxylation sites is 2. The summed E-state index contributed by atoms with van der Waals surface area (Å²) < 4.78 is 0. The highest BCUT2D eigenvalue weighted by atomic mass is 32.1. The number of thiophene rings is 1. The zero-order valence-corrected chi connectivity index (χ0v) is 13.2. The van der Waals surface area contributed by atoms with E-state index < -0.39 is 0 Å². The number of H-pyrrole nitrogens is 1. The monoisotopic (exact) mass is 328 g/mol. The molecular formula is C16H16N4O2S. The van der Waals surface area contributed by atoms with Gasteiger partial charge >= 0.3 is 0 Å². The van der Waals surface area contributed by atoms with Crippen molar-refractivity contribution < 1.29 is 9.59 Å². The Bertz CT molecular complexity index is 777. The first-order valence-corrected chi connectivity index (χ1v) is 8.21. The van der Waals surface area contributed by atoms with Crippen LogP contribution in [0, 0.1) is 0 Å². The van der Waals surface area contributed by atoms with Crippen LogP contribution in [0.2, 0.25) is 0 Å². The van der Waals surface area contributed by atoms with Gasteiger partial charge in [-0.3, -0.25) is 14.9 Å². The molecule has 0 saturated carbocycles. The number of nitrogens with one attached hydrogen (secondary N) is 3. The Hall–Kier alpha value is -2.67. The SMILES string of the molecule is O=C(CCCNC(=O)c1ccsc1)Nc1nc2ccccc2[nH]1. The number of fused-ring (bicyclic) bond motifs is 1. The first-order chi connectivity index (χ1) is 11.2. The van der Waals surface area contributed by atoms with E-state index in [9.17, 15) is 9.59 Å². The van der Waals surface area contributed by atoms with Gasteiger partial charge < -0.3 is 10.3 Å². The molecule has 0 bridgehead atoms. The Morgan fingerprint density at radius 1 is 1.22 bits per heavy atom. The van der Waals surface area contributed by atoms with Crippen molar-refractivity contribution in [1.29, 1.82) is 0 Å². The molecule has 23 heavy (non-hydrogen) atoms. The highest BCUT2D eigenvalue weighted by Gasteiger charge is 2.08. The van der Waals surface area contributed by atoms with Gasteiger partial charge in [0, 0.05) is 23.9 Å². The lowest BCUT2D eigenvalue weighted by molar-refractivity contribution is -0.116. The lowest BCUT2D eigenvalue weighted by atomic mass is 10.2. The van der Waals surface area contributed by atoms with Gasteiger partial charge in [0.25, 0.3) is 5.91 Å². The van der Waals surface area contributed by atoms with Crippen LogP contribution in [0.3, 0.4) is 0 Å². The third kappa shape index (κ3) is 3.95. The minimum absolute atomic E-state index is 0.107. The minimum atomic E-state index is -0.131. The number of amides is 2. The molecule has 3 aromatic rings. The number of imidazole rings is 1. The molecule has 0 fully saturated rings. The molecule has 2 heterocycles. The number of benzene rings is 1. The van der Waals surface area contributed by atoms with E-state index >= 15 is 0 Å². The van der Waals surface area contributed by atoms with Gasteiger partial charge in [-0.15, -0.1) is 0 Å². The van der Waals surface area contributed by atoms with Gasteiger partial charge in [0.2, 0.25) is 11.9 Å². The molecule has 0 unspecified atom stereocenters. The van der Waals surface area contributed by atoms with Crippen LogP contribution in [0.25, 0.3) is 11.0 Å². The highest BCUT2D eigenvalue weighted by molar-refractivity contribution is 7.08. The molecule has 3 rings (SSSR count). The van der Waals surface area contributed by atoms with Crippen molar-refractivity contribution in [2.24, 2.45) is 0 Å². The molecule has 2 aromatic heterocycles. The van der Waals surface area contributed by atoms with Crippen LogP contribution in [-0.4, -0.2) is 28.3 Å². The molecule has 7 heteroatoms. The number of carbonyl (C=O) groups excluding carboxylic acids is 2. The number of aromatic amines is 1. The summed E-state index contributed by atoms with van der Waals surface area (Å²) in [5, 5.41) is 9.17. The maximum atomic E-state index is 11.9. The average molecular weight is 328 g/mol. The molecule has 118 valence electrons. The molecule has 0 radical (unpaired) electrons. The number of hydrogen-bond donors (Lipinski definition) is 3. The summed E-state index contributed by atoms with van der Waals surface area (Å²) in [6.45, 7) is 0.461. The maximum Gasteiger partial charge on any atom is 0.252 e. The number of hydrogen-bond acceptors (Lipinski definition) is 4. The number of rotatable bonds is 6. The third-order valence-corrected chi connectivity index (χ3v) is 3.98. The molecule has 0 aliphatic carbocycles. The van der Waals surface area contributed by atoms with Crippen LogP contribution in [-0.2, 0) is 4.79 Å². The maximum absolute atomic E-state index is 11.9. The number of aromatic nitrogens is 2. The van der Waals surface area contributed by atoms with Crippen LogP contribution in [0.15, 0.2) is 41.1 Å². The van der Waals surface area contributed by atoms with Crippen molar-refractivity contribution in [3.05, 3.63) is 46.7 Å². The van der Waals surface area contributed by atoms with Crippen LogP contribution in [0.4, 0.5) is 5.95 Å². The Morgan fingerprint density at radius 2 is 2.09 bits per heavy atom. The van der Waals surface area contributed by atoms with E-state index in [2.05, 4.69) is 20.6 Å². The first kappa shape index (κ1) is 15.2. The molecular weight excluding hydrogens is 312 g/mol. The summed E-state index contributed by atoms with van der Waals surface area (Å²) in [7, 11) is 0. The molecule has 0 saturated heterocycles. The molecule has 0 spiro atoms. The first-order valence-electron chi connectivity index (χ1n) is 7.27. The molecule has 6 nitrogen and oxygen atoms in total. The Labute approximate surface area is 136 Å². The van der Waals surface area contributed by atoms with Gasteiger partial charge in [0.15, 0.2) is 0 Å². The summed E-state index contributed by atoms with van der Waals surface area (Å²) in [5.41, 5.74) is 2.35. The number of nitrogens with zero attached hydrogens (tertiary/aromatic N) is 1. The van der Waals surface area contributed by atoms with Crippen LogP contribution >= 0.6 is 11.3 Å². The van der Waals surface area contributed by atoms with Crippen molar-refractivity contribution in [2.75, 3.05) is 11.9 Å². The standard InChI is InChI=1S/C16H16N4O2S/c21-14(6-3-8-17-15(22)11-7-9-23-10-11)20-16-18-12-4-1-2-5-13(12)19-16/h1-2,4-5,7,9-10H,3,6,8H2,(H,17,22)(H2,18,19,20,21). The van der Waals surface area contributed by atoms with Crippen molar-refractivity contribution >= 4 is 40.1 Å². The van der Waals surface area contributed by atoms with Crippen LogP contribution < -0.4 is 10.6 Å². The van der Waals surface area contributed by atoms with E-state index in [1.54, 1.807) is 11.4 Å². The van der Waals surface area contributed by atoms with Crippen LogP contribution in [0.1, 0.15) is 23.2 Å². The quantitative estimate of drug-likeness (QED) is 0.608. The van der Waals surface area contributed by atoms with E-state index in [4.69, 9.17) is 0 Å². The molecule has 0 aliphatic rings. The fourth-order valence-electron chi connectivity index (χ4n) is 2.15. The van der Waals surface area contributed by atoms with Gasteiger partial charge in [-0.05, 0) is 30.0 Å². The fourth-order valence-corrected chi connectivity index (χ4v) is 2.79. The summed E-state index contributed by atoms with van der Waals surface area (Å²) in [6, 6.07) is 9.35. The zero-order valence-electron chi connectivity index (χ0n) is 12.3. The molecule has 0 atom stereocenters. The smallest absolute Gasteiger partial charge is 0.252 e. The number of anilines is 1. The second kappa shape index (κ2) is 7.06. The van der Waals surface area contributed by atoms with Gasteiger partial charge in [0.1, 0.15) is 0 Å². The van der Waals surface area contributed by atoms with E-state index in [-0.39, 0.29) is 11.8 Å². The van der Waals surface area contributed by atoms with Crippen LogP contribution in [0.5, 0.6) is 0 Å². The van der Waals surface area contributed by atoms with Crippen molar-refractivity contribution in [1.82, 2.24) is 15.3 Å². The lowest BCUT2D eigenvalue weighted by Gasteiger charge is -2.04. The van der Waals surface area contributed by atoms with E-state index in [1.807, 2.05) is 29.6 Å². The largest absolute Gasteiger partial charge is 0.352 e. The number of carbonyl (C=O) groups is 2. The summed E-state index contributed by atoms with van der Waals surface area (Å²) in [4.78, 5) is 30.9. The van der Waals surface area contributed by atoms with E-state index in [1.165, 1.54) is 11.3 Å². The predicted octanol–water partition coefficient (Wildman–Crippen LogP) is 2.77. The second-order valence-electron chi connectivity index (χ2n) is 5.02. The summed E-state index contributed by atoms with van der Waals surface area (Å²) in [6.07, 6.45) is 0.892. The molecule has 0 aliphatic heterocycles. The van der Waals surface area contributed by atoms with E-state index in [0.717, 1.165) is 11.0 Å². The summed E-state index contributed by atoms with van der Waals surface area (Å²) in [5.74, 6) is 0.205. The topological polar surface area (TPSA) is 86.9 Å². The zero-order chi connectivity index (χ0) is 16.1.